The molecule has 16 nitrogen and oxygen atoms in total. The quantitative estimate of drug-likeness (QED) is 0.160. The van der Waals surface area contributed by atoms with Crippen molar-refractivity contribution < 1.29 is 60.6 Å². The number of nitrogen functional groups attached to an aromatic ring is 1. The van der Waals surface area contributed by atoms with Crippen LogP contribution in [0.2, 0.25) is 0 Å². The number of hydrogen-bond acceptors (Lipinski definition) is 11. The largest absolute Gasteiger partial charge is 0.490 e. The first-order valence-corrected chi connectivity index (χ1v) is 12.0. The van der Waals surface area contributed by atoms with E-state index in [1.165, 1.54) is 0 Å². The Kier molecular flexibility index (Phi) is 8.85. The van der Waals surface area contributed by atoms with Gasteiger partial charge in [-0.1, -0.05) is 5.92 Å². The normalized spacial score (nSPS) is 19.9. The Labute approximate surface area is 172 Å². The highest BCUT2D eigenvalue weighted by Gasteiger charge is 2.46. The van der Waals surface area contributed by atoms with Gasteiger partial charge >= 0.3 is 29.2 Å². The van der Waals surface area contributed by atoms with Gasteiger partial charge in [-0.2, -0.15) is 13.6 Å². The summed E-state index contributed by atoms with van der Waals surface area (Å²) in [5, 5.41) is 9.37. The fourth-order valence-electron chi connectivity index (χ4n) is 1.85. The van der Waals surface area contributed by atoms with E-state index in [1.54, 1.807) is 5.92 Å². The Morgan fingerprint density at radius 3 is 2.32 bits per heavy atom. The van der Waals surface area contributed by atoms with Crippen molar-refractivity contribution in [2.75, 3.05) is 12.3 Å². The summed E-state index contributed by atoms with van der Waals surface area (Å²) in [5.41, 5.74) is 1.46. The molecule has 0 aromatic carbocycles. The van der Waals surface area contributed by atoms with Gasteiger partial charge in [0.1, 0.15) is 18.7 Å². The van der Waals surface area contributed by atoms with Gasteiger partial charge in [-0.05, 0) is 13.0 Å². The van der Waals surface area contributed by atoms with Crippen molar-refractivity contribution in [2.45, 2.75) is 25.1 Å². The predicted octanol–water partition coefficient (Wildman–Crippen LogP) is -0.636. The molecule has 0 amide bonds. The van der Waals surface area contributed by atoms with E-state index in [4.69, 9.17) is 31.6 Å². The molecule has 176 valence electrons. The fraction of sp³-hybridized carbons (Fsp3) is 0.455. The third-order valence-electron chi connectivity index (χ3n) is 3.11. The van der Waals surface area contributed by atoms with Gasteiger partial charge in [0.25, 0.3) is 0 Å². The molecule has 0 fully saturated rings. The van der Waals surface area contributed by atoms with Crippen LogP contribution in [0.4, 0.5) is 10.2 Å². The summed E-state index contributed by atoms with van der Waals surface area (Å²) >= 11 is 0. The number of anilines is 1. The number of nitrogens with two attached hydrogens (primary N) is 1. The number of halogens is 1. The second kappa shape index (κ2) is 9.97. The Morgan fingerprint density at radius 2 is 1.87 bits per heavy atom. The fourth-order valence-corrected chi connectivity index (χ4v) is 4.90. The minimum absolute atomic E-state index is 0.158. The summed E-state index contributed by atoms with van der Waals surface area (Å²) in [6.07, 6.45) is 1.62. The smallest absolute Gasteiger partial charge is 0.383 e. The summed E-state index contributed by atoms with van der Waals surface area (Å²) in [4.78, 5) is 50.7. The van der Waals surface area contributed by atoms with Crippen LogP contribution in [0.5, 0.6) is 0 Å². The maximum absolute atomic E-state index is 13.8. The van der Waals surface area contributed by atoms with Crippen LogP contribution in [0, 0.1) is 12.3 Å². The molecule has 7 N–H and O–H groups in total. The minimum Gasteiger partial charge on any atom is -0.383 e. The number of rotatable bonds is 11. The molecule has 0 saturated carbocycles. The van der Waals surface area contributed by atoms with Crippen molar-refractivity contribution in [3.8, 4) is 12.3 Å². The standard InChI is InChI=1S/C11H17FN3O13P3/c1-3-11(9(12)16,26-7(2)15-5-4-8(13)14-10(15)17)6-25-30(21,22)28-31(23,24)27-29(18,19)20/h1,4-5,7,9,16H,6H2,2H3,(H,21,22)(H,23,24)(H2,13,14,17)(H2,18,19,20)/t7-,9-,11-/m1/s1. The first-order chi connectivity index (χ1) is 13.9. The topological polar surface area (TPSA) is 250 Å². The minimum atomic E-state index is -5.85. The molecule has 1 aromatic rings. The molecular formula is C11H17FN3O13P3. The average Bonchev–Trinajstić information content (AvgIpc) is 2.54. The van der Waals surface area contributed by atoms with Gasteiger partial charge in [0.05, 0.1) is 0 Å². The third-order valence-corrected chi connectivity index (χ3v) is 6.89. The van der Waals surface area contributed by atoms with Crippen molar-refractivity contribution in [1.82, 2.24) is 9.55 Å². The summed E-state index contributed by atoms with van der Waals surface area (Å²) in [6.45, 7) is -0.384. The summed E-state index contributed by atoms with van der Waals surface area (Å²) in [5.74, 6) is 1.45. The second-order valence-corrected chi connectivity index (χ2v) is 9.91. The number of aromatic nitrogens is 2. The molecule has 1 rings (SSSR count). The van der Waals surface area contributed by atoms with Crippen LogP contribution in [0.25, 0.3) is 0 Å². The van der Waals surface area contributed by atoms with Crippen molar-refractivity contribution in [3.63, 3.8) is 0 Å². The summed E-state index contributed by atoms with van der Waals surface area (Å²) < 4.78 is 64.5. The highest BCUT2D eigenvalue weighted by Crippen LogP contribution is 2.66. The Bertz CT molecular complexity index is 1040. The lowest BCUT2D eigenvalue weighted by atomic mass is 10.1. The maximum Gasteiger partial charge on any atom is 0.490 e. The molecule has 20 heteroatoms. The molecule has 2 unspecified atom stereocenters. The molecule has 0 radical (unpaired) electrons. The molecule has 1 heterocycles. The number of aliphatic hydroxyl groups excluding tert-OH is 1. The van der Waals surface area contributed by atoms with Gasteiger partial charge in [0.2, 0.25) is 12.0 Å². The van der Waals surface area contributed by atoms with Gasteiger partial charge in [-0.3, -0.25) is 9.09 Å². The van der Waals surface area contributed by atoms with Crippen LogP contribution >= 0.6 is 23.5 Å². The number of terminal acetylenes is 1. The van der Waals surface area contributed by atoms with Crippen molar-refractivity contribution >= 4 is 29.3 Å². The molecule has 0 saturated heterocycles. The third kappa shape index (κ3) is 8.51. The van der Waals surface area contributed by atoms with Gasteiger partial charge in [0, 0.05) is 6.20 Å². The lowest BCUT2D eigenvalue weighted by Crippen LogP contribution is -2.47. The van der Waals surface area contributed by atoms with Crippen LogP contribution in [0.3, 0.4) is 0 Å². The van der Waals surface area contributed by atoms with E-state index in [9.17, 15) is 32.9 Å². The lowest BCUT2D eigenvalue weighted by molar-refractivity contribution is -0.194. The lowest BCUT2D eigenvalue weighted by Gasteiger charge is -2.32. The molecule has 5 atom stereocenters. The molecule has 31 heavy (non-hydrogen) atoms. The molecule has 0 aliphatic carbocycles. The predicted molar refractivity (Wildman–Crippen MR) is 97.2 cm³/mol. The van der Waals surface area contributed by atoms with Crippen molar-refractivity contribution in [1.29, 1.82) is 0 Å². The molecule has 0 spiro atoms. The first kappa shape index (κ1) is 27.5. The van der Waals surface area contributed by atoms with Crippen molar-refractivity contribution in [2.24, 2.45) is 0 Å². The van der Waals surface area contributed by atoms with E-state index in [-0.39, 0.29) is 5.82 Å². The van der Waals surface area contributed by atoms with E-state index >= 15 is 0 Å². The number of alkyl halides is 1. The van der Waals surface area contributed by atoms with Gasteiger partial charge in [0.15, 0.2) is 0 Å². The van der Waals surface area contributed by atoms with Gasteiger partial charge < -0.3 is 35.2 Å². The number of ether oxygens (including phenoxy) is 1. The van der Waals surface area contributed by atoms with Crippen LogP contribution < -0.4 is 11.4 Å². The number of hydrogen-bond donors (Lipinski definition) is 6. The number of aliphatic hydroxyl groups is 1. The summed E-state index contributed by atoms with van der Waals surface area (Å²) in [7, 11) is -17.2. The highest BCUT2D eigenvalue weighted by atomic mass is 31.3. The summed E-state index contributed by atoms with van der Waals surface area (Å²) in [6, 6.07) is 1.16. The van der Waals surface area contributed by atoms with Crippen LogP contribution in [-0.2, 0) is 31.6 Å². The van der Waals surface area contributed by atoms with E-state index < -0.39 is 54.0 Å². The van der Waals surface area contributed by atoms with Crippen molar-refractivity contribution in [3.05, 3.63) is 22.7 Å². The average molecular weight is 511 g/mol. The van der Waals surface area contributed by atoms with Crippen LogP contribution in [0.1, 0.15) is 13.2 Å². The molecule has 0 bridgehead atoms. The zero-order valence-corrected chi connectivity index (χ0v) is 18.0. The van der Waals surface area contributed by atoms with E-state index in [0.717, 1.165) is 23.8 Å². The first-order valence-electron chi connectivity index (χ1n) is 7.53. The molecule has 0 aliphatic rings. The highest BCUT2D eigenvalue weighted by molar-refractivity contribution is 7.66. The maximum atomic E-state index is 13.8. The zero-order chi connectivity index (χ0) is 24.3. The Balaban J connectivity index is 3.06. The van der Waals surface area contributed by atoms with Gasteiger partial charge in [-0.25, -0.2) is 22.9 Å². The van der Waals surface area contributed by atoms with Crippen LogP contribution in [0.15, 0.2) is 17.1 Å². The SMILES string of the molecule is C#C[C@](COP(=O)(O)OP(=O)(O)OP(=O)(O)O)(O[C@H](C)n1ccc(N)nc1=O)[C@@H](O)F. The number of phosphoric acid groups is 3. The Hall–Kier alpha value is -1.50. The number of phosphoric ester groups is 1. The molecule has 1 aromatic heterocycles. The number of nitrogens with zero attached hydrogens (tertiary/aromatic N) is 2. The van der Waals surface area contributed by atoms with E-state index in [0.29, 0.717) is 0 Å². The monoisotopic (exact) mass is 511 g/mol. The molecular weight excluding hydrogens is 494 g/mol. The van der Waals surface area contributed by atoms with Crippen LogP contribution in [-0.4, -0.2) is 52.8 Å². The second-order valence-electron chi connectivity index (χ2n) is 5.49. The van der Waals surface area contributed by atoms with E-state index in [2.05, 4.69) is 18.1 Å². The Morgan fingerprint density at radius 1 is 1.29 bits per heavy atom. The van der Waals surface area contributed by atoms with Gasteiger partial charge in [-0.15, -0.1) is 6.42 Å². The zero-order valence-electron chi connectivity index (χ0n) is 15.3. The van der Waals surface area contributed by atoms with E-state index in [1.807, 2.05) is 0 Å². The molecule has 0 aliphatic heterocycles.